The number of carbonyl (C=O) groups excluding carboxylic acids is 2. The zero-order chi connectivity index (χ0) is 19.8. The van der Waals surface area contributed by atoms with Gasteiger partial charge in [0.1, 0.15) is 5.01 Å². The second kappa shape index (κ2) is 10.2. The Labute approximate surface area is 175 Å². The molecule has 0 saturated carbocycles. The predicted molar refractivity (Wildman–Crippen MR) is 114 cm³/mol. The fourth-order valence-corrected chi connectivity index (χ4v) is 4.09. The number of hydrogen-bond donors (Lipinski definition) is 2. The maximum absolute atomic E-state index is 12.2. The van der Waals surface area contributed by atoms with Crippen molar-refractivity contribution >= 4 is 52.2 Å². The van der Waals surface area contributed by atoms with Gasteiger partial charge in [0.15, 0.2) is 0 Å². The summed E-state index contributed by atoms with van der Waals surface area (Å²) in [7, 11) is 0. The molecule has 28 heavy (non-hydrogen) atoms. The van der Waals surface area contributed by atoms with Gasteiger partial charge in [-0.15, -0.1) is 22.0 Å². The lowest BCUT2D eigenvalue weighted by molar-refractivity contribution is -0.118. The maximum atomic E-state index is 12.2. The lowest BCUT2D eigenvalue weighted by Crippen LogP contribution is -2.24. The van der Waals surface area contributed by atoms with Crippen LogP contribution in [0.4, 0.5) is 5.69 Å². The van der Waals surface area contributed by atoms with Gasteiger partial charge < -0.3 is 10.6 Å². The average molecular weight is 433 g/mol. The third-order valence-corrected chi connectivity index (χ3v) is 5.81. The number of nitrogens with one attached hydrogen (secondary N) is 2. The van der Waals surface area contributed by atoms with Gasteiger partial charge in [-0.2, -0.15) is 0 Å². The zero-order valence-electron chi connectivity index (χ0n) is 14.7. The van der Waals surface area contributed by atoms with E-state index in [1.807, 2.05) is 36.4 Å². The summed E-state index contributed by atoms with van der Waals surface area (Å²) < 4.78 is 0. The van der Waals surface area contributed by atoms with Crippen LogP contribution in [0.15, 0.2) is 54.6 Å². The number of para-hydroxylation sites is 1. The van der Waals surface area contributed by atoms with E-state index in [0.29, 0.717) is 38.8 Å². The lowest BCUT2D eigenvalue weighted by Gasteiger charge is -2.05. The Bertz CT molecular complexity index is 950. The molecular formula is C19H17ClN4O2S2. The van der Waals surface area contributed by atoms with Crippen molar-refractivity contribution in [3.05, 3.63) is 75.2 Å². The summed E-state index contributed by atoms with van der Waals surface area (Å²) in [6.07, 6.45) is 0. The molecule has 0 spiro atoms. The number of hydrogen-bond acceptors (Lipinski definition) is 6. The quantitative estimate of drug-likeness (QED) is 0.562. The Balaban J connectivity index is 1.40. The Morgan fingerprint density at radius 2 is 1.89 bits per heavy atom. The smallest absolute Gasteiger partial charge is 0.286 e. The van der Waals surface area contributed by atoms with E-state index in [-0.39, 0.29) is 11.8 Å². The van der Waals surface area contributed by atoms with Crippen LogP contribution in [0, 0.1) is 0 Å². The topological polar surface area (TPSA) is 84.0 Å². The molecule has 0 aliphatic heterocycles. The van der Waals surface area contributed by atoms with Crippen LogP contribution < -0.4 is 10.6 Å². The van der Waals surface area contributed by atoms with Crippen LogP contribution >= 0.6 is 34.7 Å². The second-order valence-electron chi connectivity index (χ2n) is 5.72. The molecule has 0 radical (unpaired) electrons. The average Bonchev–Trinajstić information content (AvgIpc) is 3.16. The molecule has 0 bridgehead atoms. The van der Waals surface area contributed by atoms with E-state index < -0.39 is 0 Å². The summed E-state index contributed by atoms with van der Waals surface area (Å²) in [4.78, 5) is 24.1. The first-order chi connectivity index (χ1) is 13.6. The highest BCUT2D eigenvalue weighted by Crippen LogP contribution is 2.18. The first-order valence-electron chi connectivity index (χ1n) is 8.38. The molecule has 2 aromatic carbocycles. The number of amides is 2. The molecule has 0 saturated heterocycles. The van der Waals surface area contributed by atoms with Crippen molar-refractivity contribution in [3.8, 4) is 0 Å². The molecule has 2 amide bonds. The zero-order valence-corrected chi connectivity index (χ0v) is 17.1. The number of anilines is 1. The summed E-state index contributed by atoms with van der Waals surface area (Å²) >= 11 is 8.57. The van der Waals surface area contributed by atoms with Crippen molar-refractivity contribution < 1.29 is 9.59 Å². The molecule has 0 fully saturated rings. The molecule has 9 heteroatoms. The van der Waals surface area contributed by atoms with E-state index in [4.69, 9.17) is 11.6 Å². The first kappa shape index (κ1) is 20.3. The van der Waals surface area contributed by atoms with Crippen LogP contribution in [-0.4, -0.2) is 27.8 Å². The van der Waals surface area contributed by atoms with E-state index >= 15 is 0 Å². The van der Waals surface area contributed by atoms with Crippen LogP contribution in [0.3, 0.4) is 0 Å². The molecule has 0 atom stereocenters. The van der Waals surface area contributed by atoms with Gasteiger partial charge in [0.25, 0.3) is 5.91 Å². The molecule has 0 aliphatic carbocycles. The van der Waals surface area contributed by atoms with Crippen LogP contribution in [0.1, 0.15) is 20.4 Å². The number of benzene rings is 2. The van der Waals surface area contributed by atoms with Crippen molar-refractivity contribution in [2.45, 2.75) is 12.3 Å². The maximum Gasteiger partial charge on any atom is 0.286 e. The van der Waals surface area contributed by atoms with Crippen LogP contribution in [-0.2, 0) is 17.1 Å². The first-order valence-corrected chi connectivity index (χ1v) is 10.7. The standard InChI is InChI=1S/C19H17ClN4O2S2/c20-14-6-4-5-13(9-14)10-21-16(25)11-27-12-17-23-24-19(28-17)18(26)22-15-7-2-1-3-8-15/h1-9H,10-12H2,(H,21,25)(H,22,26). The summed E-state index contributed by atoms with van der Waals surface area (Å²) in [5.41, 5.74) is 1.65. The number of halogens is 1. The van der Waals surface area contributed by atoms with Gasteiger partial charge in [0.2, 0.25) is 10.9 Å². The van der Waals surface area contributed by atoms with Gasteiger partial charge >= 0.3 is 0 Å². The number of carbonyl (C=O) groups is 2. The Morgan fingerprint density at radius 1 is 1.07 bits per heavy atom. The minimum Gasteiger partial charge on any atom is -0.351 e. The lowest BCUT2D eigenvalue weighted by atomic mass is 10.2. The molecule has 3 rings (SSSR count). The van der Waals surface area contributed by atoms with Gasteiger partial charge in [0, 0.05) is 23.0 Å². The highest BCUT2D eigenvalue weighted by atomic mass is 35.5. The van der Waals surface area contributed by atoms with Gasteiger partial charge in [-0.1, -0.05) is 53.3 Å². The Morgan fingerprint density at radius 3 is 2.68 bits per heavy atom. The second-order valence-corrected chi connectivity index (χ2v) is 8.20. The van der Waals surface area contributed by atoms with Crippen molar-refractivity contribution in [2.24, 2.45) is 0 Å². The molecule has 144 valence electrons. The molecule has 2 N–H and O–H groups in total. The van der Waals surface area contributed by atoms with E-state index in [9.17, 15) is 9.59 Å². The van der Waals surface area contributed by atoms with Crippen LogP contribution in [0.25, 0.3) is 0 Å². The molecule has 1 aromatic heterocycles. The molecule has 6 nitrogen and oxygen atoms in total. The van der Waals surface area contributed by atoms with Crippen molar-refractivity contribution in [1.82, 2.24) is 15.5 Å². The molecule has 1 heterocycles. The number of aromatic nitrogens is 2. The minimum absolute atomic E-state index is 0.0727. The van der Waals surface area contributed by atoms with Gasteiger partial charge in [-0.05, 0) is 29.8 Å². The summed E-state index contributed by atoms with van der Waals surface area (Å²) in [5.74, 6) is 0.447. The Hall–Kier alpha value is -2.42. The van der Waals surface area contributed by atoms with Gasteiger partial charge in [-0.25, -0.2) is 0 Å². The summed E-state index contributed by atoms with van der Waals surface area (Å²) in [6, 6.07) is 16.5. The van der Waals surface area contributed by atoms with Crippen LogP contribution in [0.2, 0.25) is 5.02 Å². The monoisotopic (exact) mass is 432 g/mol. The van der Waals surface area contributed by atoms with E-state index in [2.05, 4.69) is 20.8 Å². The van der Waals surface area contributed by atoms with Gasteiger partial charge in [-0.3, -0.25) is 9.59 Å². The van der Waals surface area contributed by atoms with Crippen LogP contribution in [0.5, 0.6) is 0 Å². The summed E-state index contributed by atoms with van der Waals surface area (Å²) in [6.45, 7) is 0.433. The SMILES string of the molecule is O=C(CSCc1nnc(C(=O)Nc2ccccc2)s1)NCc1cccc(Cl)c1. The summed E-state index contributed by atoms with van der Waals surface area (Å²) in [5, 5.41) is 15.2. The van der Waals surface area contributed by atoms with E-state index in [1.165, 1.54) is 23.1 Å². The fraction of sp³-hybridized carbons (Fsp3) is 0.158. The van der Waals surface area contributed by atoms with E-state index in [0.717, 1.165) is 5.56 Å². The minimum atomic E-state index is -0.292. The normalized spacial score (nSPS) is 10.5. The molecule has 0 unspecified atom stereocenters. The number of rotatable bonds is 8. The van der Waals surface area contributed by atoms with E-state index in [1.54, 1.807) is 18.2 Å². The molecular weight excluding hydrogens is 416 g/mol. The van der Waals surface area contributed by atoms with Crippen molar-refractivity contribution in [1.29, 1.82) is 0 Å². The fourth-order valence-electron chi connectivity index (χ4n) is 2.24. The number of thioether (sulfide) groups is 1. The molecule has 3 aromatic rings. The third kappa shape index (κ3) is 6.33. The third-order valence-electron chi connectivity index (χ3n) is 3.53. The largest absolute Gasteiger partial charge is 0.351 e. The molecule has 0 aliphatic rings. The van der Waals surface area contributed by atoms with Gasteiger partial charge in [0.05, 0.1) is 5.75 Å². The van der Waals surface area contributed by atoms with Crippen molar-refractivity contribution in [3.63, 3.8) is 0 Å². The highest BCUT2D eigenvalue weighted by molar-refractivity contribution is 7.99. The predicted octanol–water partition coefficient (Wildman–Crippen LogP) is 3.99. The van der Waals surface area contributed by atoms with Crippen molar-refractivity contribution in [2.75, 3.05) is 11.1 Å². The highest BCUT2D eigenvalue weighted by Gasteiger charge is 2.13. The Kier molecular flexibility index (Phi) is 7.41. The number of nitrogens with zero attached hydrogens (tertiary/aromatic N) is 2.